The van der Waals surface area contributed by atoms with Crippen molar-refractivity contribution < 1.29 is 0 Å². The van der Waals surface area contributed by atoms with Crippen LogP contribution in [0.5, 0.6) is 0 Å². The zero-order chi connectivity index (χ0) is 16.2. The van der Waals surface area contributed by atoms with E-state index in [1.54, 1.807) is 6.20 Å². The number of hydrogen-bond donors (Lipinski definition) is 1. The van der Waals surface area contributed by atoms with Crippen molar-refractivity contribution in [1.29, 1.82) is 0 Å². The van der Waals surface area contributed by atoms with E-state index in [-0.39, 0.29) is 0 Å². The van der Waals surface area contributed by atoms with Gasteiger partial charge in [0.25, 0.3) is 0 Å². The van der Waals surface area contributed by atoms with E-state index in [2.05, 4.69) is 25.6 Å². The van der Waals surface area contributed by atoms with Gasteiger partial charge >= 0.3 is 0 Å². The van der Waals surface area contributed by atoms with E-state index in [1.807, 2.05) is 35.1 Å². The smallest absolute Gasteiger partial charge is 0.133 e. The highest BCUT2D eigenvalue weighted by atomic mass is 15.4. The van der Waals surface area contributed by atoms with Crippen LogP contribution in [0.15, 0.2) is 36.7 Å². The minimum atomic E-state index is 0.776. The van der Waals surface area contributed by atoms with E-state index in [0.29, 0.717) is 0 Å². The molecule has 3 heterocycles. The van der Waals surface area contributed by atoms with Gasteiger partial charge in [-0.1, -0.05) is 17.3 Å². The molecule has 1 aromatic carbocycles. The maximum atomic E-state index is 4.63. The minimum Gasteiger partial charge on any atom is -0.317 e. The van der Waals surface area contributed by atoms with E-state index >= 15 is 0 Å². The summed E-state index contributed by atoms with van der Waals surface area (Å²) in [5, 5.41) is 12.0. The first kappa shape index (κ1) is 15.2. The Balaban J connectivity index is 1.45. The number of para-hydroxylation sites is 2. The van der Waals surface area contributed by atoms with Crippen LogP contribution in [0.25, 0.3) is 22.4 Å². The number of fused-ring (bicyclic) bond motifs is 1. The summed E-state index contributed by atoms with van der Waals surface area (Å²) in [5.41, 5.74) is 3.35. The largest absolute Gasteiger partial charge is 0.317 e. The quantitative estimate of drug-likeness (QED) is 0.800. The van der Waals surface area contributed by atoms with Gasteiger partial charge < -0.3 is 5.32 Å². The number of rotatable bonds is 4. The number of nitrogens with one attached hydrogen (secondary N) is 1. The molecule has 1 fully saturated rings. The third kappa shape index (κ3) is 3.43. The van der Waals surface area contributed by atoms with Crippen molar-refractivity contribution in [3.8, 4) is 11.4 Å². The highest BCUT2D eigenvalue weighted by Gasteiger charge is 2.13. The van der Waals surface area contributed by atoms with Gasteiger partial charge in [-0.25, -0.2) is 4.98 Å². The Labute approximate surface area is 141 Å². The van der Waals surface area contributed by atoms with Crippen LogP contribution in [0.4, 0.5) is 0 Å². The van der Waals surface area contributed by atoms with Crippen LogP contribution in [0.2, 0.25) is 0 Å². The normalized spacial score (nSPS) is 18.6. The molecule has 1 aliphatic heterocycles. The second-order valence-corrected chi connectivity index (χ2v) is 6.45. The second kappa shape index (κ2) is 7.05. The molecule has 0 saturated carbocycles. The molecule has 1 N–H and O–H groups in total. The lowest BCUT2D eigenvalue weighted by atomic mass is 9.97. The number of nitrogens with zero attached hydrogens (tertiary/aromatic N) is 5. The highest BCUT2D eigenvalue weighted by Crippen LogP contribution is 2.20. The Morgan fingerprint density at radius 2 is 2.00 bits per heavy atom. The molecule has 1 unspecified atom stereocenters. The first-order chi connectivity index (χ1) is 11.9. The van der Waals surface area contributed by atoms with Gasteiger partial charge in [0.2, 0.25) is 0 Å². The van der Waals surface area contributed by atoms with Crippen molar-refractivity contribution in [1.82, 2.24) is 30.3 Å². The molecular formula is C18H22N6. The molecule has 1 saturated heterocycles. The van der Waals surface area contributed by atoms with Crippen molar-refractivity contribution in [2.45, 2.75) is 32.2 Å². The zero-order valence-electron chi connectivity index (χ0n) is 13.7. The van der Waals surface area contributed by atoms with Crippen LogP contribution in [0.3, 0.4) is 0 Å². The molecule has 0 radical (unpaired) electrons. The average molecular weight is 322 g/mol. The molecule has 0 spiro atoms. The Kier molecular flexibility index (Phi) is 4.46. The molecule has 0 bridgehead atoms. The maximum Gasteiger partial charge on any atom is 0.133 e. The molecule has 6 nitrogen and oxygen atoms in total. The van der Waals surface area contributed by atoms with E-state index in [9.17, 15) is 0 Å². The molecular weight excluding hydrogens is 300 g/mol. The average Bonchev–Trinajstić information content (AvgIpc) is 2.95. The summed E-state index contributed by atoms with van der Waals surface area (Å²) in [7, 11) is 0. The van der Waals surface area contributed by atoms with Gasteiger partial charge in [0.15, 0.2) is 0 Å². The maximum absolute atomic E-state index is 4.63. The van der Waals surface area contributed by atoms with Gasteiger partial charge in [-0.15, -0.1) is 5.10 Å². The van der Waals surface area contributed by atoms with E-state index in [1.165, 1.54) is 19.3 Å². The fraction of sp³-hybridized carbons (Fsp3) is 0.444. The monoisotopic (exact) mass is 322 g/mol. The third-order valence-electron chi connectivity index (χ3n) is 4.71. The zero-order valence-corrected chi connectivity index (χ0v) is 13.7. The van der Waals surface area contributed by atoms with Gasteiger partial charge in [-0.2, -0.15) is 0 Å². The molecule has 0 aliphatic carbocycles. The van der Waals surface area contributed by atoms with Crippen molar-refractivity contribution in [2.24, 2.45) is 5.92 Å². The number of aromatic nitrogens is 5. The van der Waals surface area contributed by atoms with Gasteiger partial charge in [0.1, 0.15) is 11.4 Å². The van der Waals surface area contributed by atoms with Crippen LogP contribution in [0.1, 0.15) is 25.7 Å². The Morgan fingerprint density at radius 3 is 2.96 bits per heavy atom. The van der Waals surface area contributed by atoms with Crippen LogP contribution >= 0.6 is 0 Å². The summed E-state index contributed by atoms with van der Waals surface area (Å²) in [6, 6.07) is 7.87. The lowest BCUT2D eigenvalue weighted by Crippen LogP contribution is -2.14. The van der Waals surface area contributed by atoms with Crippen LogP contribution in [0, 0.1) is 5.92 Å². The summed E-state index contributed by atoms with van der Waals surface area (Å²) in [4.78, 5) is 9.08. The third-order valence-corrected chi connectivity index (χ3v) is 4.71. The first-order valence-corrected chi connectivity index (χ1v) is 8.71. The summed E-state index contributed by atoms with van der Waals surface area (Å²) in [6.45, 7) is 3.21. The van der Waals surface area contributed by atoms with Crippen molar-refractivity contribution in [3.63, 3.8) is 0 Å². The minimum absolute atomic E-state index is 0.776. The van der Waals surface area contributed by atoms with E-state index < -0.39 is 0 Å². The van der Waals surface area contributed by atoms with Gasteiger partial charge in [-0.05, 0) is 56.8 Å². The second-order valence-electron chi connectivity index (χ2n) is 6.45. The van der Waals surface area contributed by atoms with Crippen molar-refractivity contribution >= 4 is 11.0 Å². The summed E-state index contributed by atoms with van der Waals surface area (Å²) >= 11 is 0. The van der Waals surface area contributed by atoms with E-state index in [4.69, 9.17) is 0 Å². The van der Waals surface area contributed by atoms with Gasteiger partial charge in [-0.3, -0.25) is 9.67 Å². The predicted octanol–water partition coefficient (Wildman–Crippen LogP) is 2.67. The Hall–Kier alpha value is -2.34. The lowest BCUT2D eigenvalue weighted by molar-refractivity contribution is 0.393. The molecule has 3 aromatic rings. The molecule has 124 valence electrons. The molecule has 1 aliphatic rings. The number of aryl methyl sites for hydroxylation is 1. The number of hydrogen-bond acceptors (Lipinski definition) is 5. The fourth-order valence-electron chi connectivity index (χ4n) is 3.30. The lowest BCUT2D eigenvalue weighted by Gasteiger charge is -2.12. The van der Waals surface area contributed by atoms with E-state index in [0.717, 1.165) is 54.4 Å². The van der Waals surface area contributed by atoms with Gasteiger partial charge in [0, 0.05) is 6.54 Å². The standard InChI is InChI=1S/C18H22N6/c1-2-6-16-15(5-1)20-12-17(21-16)18-13-24(23-22-18)11-8-14-4-3-9-19-10-7-14/h1-2,5-6,12-14,19H,3-4,7-11H2. The summed E-state index contributed by atoms with van der Waals surface area (Å²) < 4.78 is 1.94. The molecule has 0 amide bonds. The van der Waals surface area contributed by atoms with Crippen molar-refractivity contribution in [2.75, 3.05) is 13.1 Å². The molecule has 1 atom stereocenters. The molecule has 4 rings (SSSR count). The fourth-order valence-corrected chi connectivity index (χ4v) is 3.30. The van der Waals surface area contributed by atoms with Gasteiger partial charge in [0.05, 0.1) is 23.4 Å². The Bertz CT molecular complexity index is 804. The van der Waals surface area contributed by atoms with Crippen LogP contribution in [-0.2, 0) is 6.54 Å². The van der Waals surface area contributed by atoms with Crippen molar-refractivity contribution in [3.05, 3.63) is 36.7 Å². The van der Waals surface area contributed by atoms with Crippen LogP contribution in [-0.4, -0.2) is 38.1 Å². The highest BCUT2D eigenvalue weighted by molar-refractivity contribution is 5.76. The SMILES string of the molecule is c1ccc2nc(-c3cn(CCC4CCCNCC4)nn3)cnc2c1. The molecule has 2 aromatic heterocycles. The van der Waals surface area contributed by atoms with Crippen LogP contribution < -0.4 is 5.32 Å². The topological polar surface area (TPSA) is 68.5 Å². The number of benzene rings is 1. The molecule has 6 heteroatoms. The summed E-state index contributed by atoms with van der Waals surface area (Å²) in [5.74, 6) is 0.785. The first-order valence-electron chi connectivity index (χ1n) is 8.71. The summed E-state index contributed by atoms with van der Waals surface area (Å²) in [6.07, 6.45) is 8.76. The predicted molar refractivity (Wildman–Crippen MR) is 93.4 cm³/mol. The molecule has 24 heavy (non-hydrogen) atoms. The Morgan fingerprint density at radius 1 is 1.08 bits per heavy atom.